The van der Waals surface area contributed by atoms with Gasteiger partial charge in [0.15, 0.2) is 0 Å². The Balaban J connectivity index is 1.81. The Morgan fingerprint density at radius 1 is 0.917 bits per heavy atom. The number of hydrogen-bond donors (Lipinski definition) is 0. The zero-order chi connectivity index (χ0) is 16.7. The number of rotatable bonds is 2. The molecule has 0 aliphatic heterocycles. The minimum absolute atomic E-state index is 0.140. The van der Waals surface area contributed by atoms with Gasteiger partial charge in [0.1, 0.15) is 11.1 Å². The van der Waals surface area contributed by atoms with E-state index in [9.17, 15) is 4.79 Å². The number of halogens is 1. The molecule has 118 valence electrons. The molecule has 0 amide bonds. The zero-order valence-corrected chi connectivity index (χ0v) is 14.2. The molecule has 2 aromatic heterocycles. The van der Waals surface area contributed by atoms with Gasteiger partial charge in [0.25, 0.3) is 5.89 Å². The third kappa shape index (κ3) is 2.65. The van der Waals surface area contributed by atoms with Gasteiger partial charge in [0.05, 0.1) is 0 Å². The third-order valence-corrected chi connectivity index (χ3v) is 4.14. The van der Waals surface area contributed by atoms with E-state index in [-0.39, 0.29) is 11.5 Å². The first-order valence-electron chi connectivity index (χ1n) is 7.24. The van der Waals surface area contributed by atoms with Crippen molar-refractivity contribution in [2.24, 2.45) is 0 Å². The van der Waals surface area contributed by atoms with Crippen molar-refractivity contribution in [3.8, 4) is 22.9 Å². The number of fused-ring (bicyclic) bond motifs is 1. The molecule has 4 rings (SSSR count). The van der Waals surface area contributed by atoms with Crippen molar-refractivity contribution in [3.05, 3.63) is 69.0 Å². The SMILES string of the molecule is Cc1ccc(-c2nnc(-c3cc4cc(Br)ccc4oc3=O)o2)cc1. The smallest absolute Gasteiger partial charge is 0.349 e. The van der Waals surface area contributed by atoms with Gasteiger partial charge in [0.2, 0.25) is 5.89 Å². The number of hydrogen-bond acceptors (Lipinski definition) is 5. The van der Waals surface area contributed by atoms with E-state index in [1.165, 1.54) is 0 Å². The lowest BCUT2D eigenvalue weighted by Crippen LogP contribution is -2.02. The summed E-state index contributed by atoms with van der Waals surface area (Å²) in [5.41, 5.74) is 2.17. The second-order valence-electron chi connectivity index (χ2n) is 5.41. The first-order chi connectivity index (χ1) is 11.6. The molecule has 0 N–H and O–H groups in total. The maximum absolute atomic E-state index is 12.2. The van der Waals surface area contributed by atoms with Crippen molar-refractivity contribution >= 4 is 26.9 Å². The molecule has 0 fully saturated rings. The molecular weight excluding hydrogens is 372 g/mol. The maximum atomic E-state index is 12.2. The van der Waals surface area contributed by atoms with E-state index in [0.717, 1.165) is 21.0 Å². The first-order valence-corrected chi connectivity index (χ1v) is 8.04. The second-order valence-corrected chi connectivity index (χ2v) is 6.32. The van der Waals surface area contributed by atoms with Gasteiger partial charge in [-0.05, 0) is 43.3 Å². The first kappa shape index (κ1) is 14.8. The highest BCUT2D eigenvalue weighted by atomic mass is 79.9. The standard InChI is InChI=1S/C18H11BrN2O3/c1-10-2-4-11(5-3-10)16-20-21-17(24-16)14-9-12-8-13(19)6-7-15(12)23-18(14)22/h2-9H,1H3. The van der Waals surface area contributed by atoms with Gasteiger partial charge in [-0.2, -0.15) is 0 Å². The Morgan fingerprint density at radius 3 is 2.46 bits per heavy atom. The summed E-state index contributed by atoms with van der Waals surface area (Å²) in [6.07, 6.45) is 0. The fourth-order valence-corrected chi connectivity index (χ4v) is 2.77. The van der Waals surface area contributed by atoms with Gasteiger partial charge in [-0.1, -0.05) is 33.6 Å². The molecule has 24 heavy (non-hydrogen) atoms. The summed E-state index contributed by atoms with van der Waals surface area (Å²) < 4.78 is 11.9. The van der Waals surface area contributed by atoms with Crippen LogP contribution in [0.3, 0.4) is 0 Å². The monoisotopic (exact) mass is 382 g/mol. The molecule has 0 aliphatic rings. The molecule has 0 saturated carbocycles. The van der Waals surface area contributed by atoms with E-state index in [2.05, 4.69) is 26.1 Å². The van der Waals surface area contributed by atoms with Gasteiger partial charge in [-0.15, -0.1) is 10.2 Å². The predicted octanol–water partition coefficient (Wildman–Crippen LogP) is 4.58. The molecule has 6 heteroatoms. The molecule has 0 bridgehead atoms. The van der Waals surface area contributed by atoms with Crippen LogP contribution < -0.4 is 5.63 Å². The lowest BCUT2D eigenvalue weighted by atomic mass is 10.1. The van der Waals surface area contributed by atoms with Crippen LogP contribution in [0, 0.1) is 6.92 Å². The summed E-state index contributed by atoms with van der Waals surface area (Å²) in [6, 6.07) is 14.8. The Labute approximate surface area is 145 Å². The highest BCUT2D eigenvalue weighted by Crippen LogP contribution is 2.25. The fourth-order valence-electron chi connectivity index (χ4n) is 2.39. The van der Waals surface area contributed by atoms with Crippen molar-refractivity contribution in [1.29, 1.82) is 0 Å². The maximum Gasteiger partial charge on any atom is 0.349 e. The zero-order valence-electron chi connectivity index (χ0n) is 12.6. The molecule has 0 spiro atoms. The summed E-state index contributed by atoms with van der Waals surface area (Å²) >= 11 is 3.40. The van der Waals surface area contributed by atoms with Gasteiger partial charge < -0.3 is 8.83 Å². The van der Waals surface area contributed by atoms with Crippen LogP contribution in [0.4, 0.5) is 0 Å². The Hall–Kier alpha value is -2.73. The van der Waals surface area contributed by atoms with Crippen molar-refractivity contribution in [3.63, 3.8) is 0 Å². The van der Waals surface area contributed by atoms with E-state index in [1.54, 1.807) is 12.1 Å². The van der Waals surface area contributed by atoms with E-state index in [4.69, 9.17) is 8.83 Å². The molecule has 2 aromatic carbocycles. The highest BCUT2D eigenvalue weighted by Gasteiger charge is 2.16. The molecule has 5 nitrogen and oxygen atoms in total. The molecule has 0 saturated heterocycles. The lowest BCUT2D eigenvalue weighted by molar-refractivity contribution is 0.547. The van der Waals surface area contributed by atoms with Crippen LogP contribution >= 0.6 is 15.9 Å². The normalized spacial score (nSPS) is 11.1. The van der Waals surface area contributed by atoms with Crippen LogP contribution in [0.1, 0.15) is 5.56 Å². The summed E-state index contributed by atoms with van der Waals surface area (Å²) in [4.78, 5) is 12.2. The van der Waals surface area contributed by atoms with Gasteiger partial charge in [-0.25, -0.2) is 4.79 Å². The average molecular weight is 383 g/mol. The molecule has 0 atom stereocenters. The van der Waals surface area contributed by atoms with Crippen LogP contribution in [0.5, 0.6) is 0 Å². The molecular formula is C18H11BrN2O3. The van der Waals surface area contributed by atoms with Crippen LogP contribution in [0.15, 0.2) is 66.6 Å². The summed E-state index contributed by atoms with van der Waals surface area (Å²) in [5.74, 6) is 0.500. The largest absolute Gasteiger partial charge is 0.422 e. The summed E-state index contributed by atoms with van der Waals surface area (Å²) in [7, 11) is 0. The number of aromatic nitrogens is 2. The van der Waals surface area contributed by atoms with Crippen molar-refractivity contribution < 1.29 is 8.83 Å². The van der Waals surface area contributed by atoms with Gasteiger partial charge in [-0.3, -0.25) is 0 Å². The van der Waals surface area contributed by atoms with Crippen molar-refractivity contribution in [1.82, 2.24) is 10.2 Å². The van der Waals surface area contributed by atoms with Crippen LogP contribution in [0.2, 0.25) is 0 Å². The number of nitrogens with zero attached hydrogens (tertiary/aromatic N) is 2. The Kier molecular flexibility index (Phi) is 3.54. The lowest BCUT2D eigenvalue weighted by Gasteiger charge is -1.99. The summed E-state index contributed by atoms with van der Waals surface area (Å²) in [6.45, 7) is 2.00. The van der Waals surface area contributed by atoms with E-state index < -0.39 is 5.63 Å². The van der Waals surface area contributed by atoms with Gasteiger partial charge in [0, 0.05) is 15.4 Å². The van der Waals surface area contributed by atoms with Gasteiger partial charge >= 0.3 is 5.63 Å². The highest BCUT2D eigenvalue weighted by molar-refractivity contribution is 9.10. The van der Waals surface area contributed by atoms with Crippen molar-refractivity contribution in [2.75, 3.05) is 0 Å². The second kappa shape index (κ2) is 5.72. The summed E-state index contributed by atoms with van der Waals surface area (Å²) in [5, 5.41) is 8.78. The molecule has 0 aliphatic carbocycles. The van der Waals surface area contributed by atoms with E-state index >= 15 is 0 Å². The molecule has 0 radical (unpaired) electrons. The van der Waals surface area contributed by atoms with Crippen molar-refractivity contribution in [2.45, 2.75) is 6.92 Å². The average Bonchev–Trinajstić information content (AvgIpc) is 3.05. The Bertz CT molecular complexity index is 1100. The minimum Gasteiger partial charge on any atom is -0.422 e. The molecule has 0 unspecified atom stereocenters. The Morgan fingerprint density at radius 2 is 1.67 bits per heavy atom. The van der Waals surface area contributed by atoms with E-state index in [1.807, 2.05) is 43.3 Å². The third-order valence-electron chi connectivity index (χ3n) is 3.65. The molecule has 4 aromatic rings. The van der Waals surface area contributed by atoms with E-state index in [0.29, 0.717) is 11.5 Å². The number of aryl methyl sites for hydroxylation is 1. The van der Waals surface area contributed by atoms with Crippen LogP contribution in [-0.2, 0) is 0 Å². The minimum atomic E-state index is -0.510. The van der Waals surface area contributed by atoms with Crippen LogP contribution in [0.25, 0.3) is 33.9 Å². The number of benzene rings is 2. The predicted molar refractivity (Wildman–Crippen MR) is 93.6 cm³/mol. The molecule has 2 heterocycles. The quantitative estimate of drug-likeness (QED) is 0.474. The topological polar surface area (TPSA) is 69.1 Å². The van der Waals surface area contributed by atoms with Crippen LogP contribution in [-0.4, -0.2) is 10.2 Å². The fraction of sp³-hybridized carbons (Fsp3) is 0.0556.